The topological polar surface area (TPSA) is 89.8 Å². The highest BCUT2D eigenvalue weighted by atomic mass is 32.1. The van der Waals surface area contributed by atoms with Crippen molar-refractivity contribution < 1.29 is 9.59 Å². The maximum atomic E-state index is 11.9. The monoisotopic (exact) mass is 276 g/mol. The lowest BCUT2D eigenvalue weighted by atomic mass is 10.2. The fraction of sp³-hybridized carbons (Fsp3) is 0.250. The number of carbonyl (C=O) groups excluding carboxylic acids is 2. The van der Waals surface area contributed by atoms with Crippen LogP contribution >= 0.6 is 12.2 Å². The number of benzene rings is 1. The van der Waals surface area contributed by atoms with Gasteiger partial charge in [0.2, 0.25) is 11.8 Å². The number of aromatic nitrogens is 2. The van der Waals surface area contributed by atoms with Crippen molar-refractivity contribution in [1.29, 1.82) is 0 Å². The van der Waals surface area contributed by atoms with E-state index in [2.05, 4.69) is 20.6 Å². The highest BCUT2D eigenvalue weighted by molar-refractivity contribution is 7.71. The average Bonchev–Trinajstić information content (AvgIpc) is 2.93. The molecule has 2 amide bonds. The zero-order valence-electron chi connectivity index (χ0n) is 9.95. The quantitative estimate of drug-likeness (QED) is 0.626. The van der Waals surface area contributed by atoms with E-state index in [-0.39, 0.29) is 11.8 Å². The van der Waals surface area contributed by atoms with Gasteiger partial charge in [0, 0.05) is 12.1 Å². The molecule has 19 heavy (non-hydrogen) atoms. The van der Waals surface area contributed by atoms with Crippen LogP contribution in [0.4, 0.5) is 5.69 Å². The van der Waals surface area contributed by atoms with Crippen LogP contribution in [0.5, 0.6) is 0 Å². The number of nitrogens with one attached hydrogen (secondary N) is 4. The van der Waals surface area contributed by atoms with Gasteiger partial charge in [-0.1, -0.05) is 0 Å². The number of amides is 2. The standard InChI is InChI=1S/C12H12N4O2S/c17-10-4-3-8(14-10)11(18)13-6-1-2-7-9(5-6)16-12(19)15-7/h1-2,5,8H,3-4H2,(H,13,18)(H,14,17)(H2,15,16,19)/t8-/m0/s1. The lowest BCUT2D eigenvalue weighted by Crippen LogP contribution is -2.37. The molecule has 0 unspecified atom stereocenters. The van der Waals surface area contributed by atoms with Gasteiger partial charge in [0.15, 0.2) is 4.77 Å². The first kappa shape index (κ1) is 11.9. The Bertz CT molecular complexity index is 718. The average molecular weight is 276 g/mol. The molecule has 4 N–H and O–H groups in total. The van der Waals surface area contributed by atoms with Crippen molar-refractivity contribution in [3.63, 3.8) is 0 Å². The summed E-state index contributed by atoms with van der Waals surface area (Å²) in [5.41, 5.74) is 2.39. The molecule has 98 valence electrons. The highest BCUT2D eigenvalue weighted by Crippen LogP contribution is 2.17. The Kier molecular flexibility index (Phi) is 2.83. The van der Waals surface area contributed by atoms with Gasteiger partial charge in [-0.05, 0) is 36.8 Å². The van der Waals surface area contributed by atoms with Crippen molar-refractivity contribution in [3.05, 3.63) is 23.0 Å². The van der Waals surface area contributed by atoms with E-state index in [0.29, 0.717) is 23.3 Å². The zero-order chi connectivity index (χ0) is 13.4. The lowest BCUT2D eigenvalue weighted by Gasteiger charge is -2.10. The Morgan fingerprint density at radius 2 is 2.11 bits per heavy atom. The predicted molar refractivity (Wildman–Crippen MR) is 73.3 cm³/mol. The number of fused-ring (bicyclic) bond motifs is 1. The number of hydrogen-bond acceptors (Lipinski definition) is 3. The maximum absolute atomic E-state index is 11.9. The highest BCUT2D eigenvalue weighted by Gasteiger charge is 2.27. The van der Waals surface area contributed by atoms with Crippen molar-refractivity contribution in [2.24, 2.45) is 0 Å². The van der Waals surface area contributed by atoms with Crippen LogP contribution in [0, 0.1) is 4.77 Å². The van der Waals surface area contributed by atoms with E-state index in [1.165, 1.54) is 0 Å². The minimum Gasteiger partial charge on any atom is -0.344 e. The molecule has 0 spiro atoms. The van der Waals surface area contributed by atoms with Crippen LogP contribution in [-0.4, -0.2) is 27.8 Å². The van der Waals surface area contributed by atoms with E-state index in [1.807, 2.05) is 6.07 Å². The van der Waals surface area contributed by atoms with E-state index in [4.69, 9.17) is 12.2 Å². The van der Waals surface area contributed by atoms with E-state index in [1.54, 1.807) is 12.1 Å². The minimum absolute atomic E-state index is 0.0784. The Balaban J connectivity index is 1.79. The van der Waals surface area contributed by atoms with Gasteiger partial charge in [0.25, 0.3) is 0 Å². The first-order chi connectivity index (χ1) is 9.11. The smallest absolute Gasteiger partial charge is 0.246 e. The van der Waals surface area contributed by atoms with Crippen LogP contribution < -0.4 is 10.6 Å². The molecule has 3 rings (SSSR count). The number of anilines is 1. The Hall–Kier alpha value is -2.15. The molecule has 1 aliphatic rings. The number of H-pyrrole nitrogens is 2. The third kappa shape index (κ3) is 2.37. The van der Waals surface area contributed by atoms with Crippen molar-refractivity contribution in [1.82, 2.24) is 15.3 Å². The summed E-state index contributed by atoms with van der Waals surface area (Å²) in [6.07, 6.45) is 0.946. The van der Waals surface area contributed by atoms with Crippen LogP contribution in [-0.2, 0) is 9.59 Å². The number of aromatic amines is 2. The van der Waals surface area contributed by atoms with E-state index in [0.717, 1.165) is 11.0 Å². The van der Waals surface area contributed by atoms with Gasteiger partial charge < -0.3 is 20.6 Å². The van der Waals surface area contributed by atoms with Gasteiger partial charge in [-0.2, -0.15) is 0 Å². The molecule has 0 radical (unpaired) electrons. The Morgan fingerprint density at radius 3 is 2.84 bits per heavy atom. The fourth-order valence-electron chi connectivity index (χ4n) is 2.15. The van der Waals surface area contributed by atoms with Crippen molar-refractivity contribution in [3.8, 4) is 0 Å². The number of hydrogen-bond donors (Lipinski definition) is 4. The minimum atomic E-state index is -0.437. The molecule has 6 nitrogen and oxygen atoms in total. The number of imidazole rings is 1. The van der Waals surface area contributed by atoms with E-state index >= 15 is 0 Å². The summed E-state index contributed by atoms with van der Waals surface area (Å²) in [5.74, 6) is -0.273. The molecule has 0 aliphatic carbocycles. The van der Waals surface area contributed by atoms with Crippen LogP contribution in [0.2, 0.25) is 0 Å². The molecular formula is C12H12N4O2S. The molecule has 2 heterocycles. The molecule has 1 aromatic heterocycles. The summed E-state index contributed by atoms with van der Waals surface area (Å²) in [7, 11) is 0. The molecule has 7 heteroatoms. The first-order valence-electron chi connectivity index (χ1n) is 5.94. The molecule has 1 fully saturated rings. The van der Waals surface area contributed by atoms with Gasteiger partial charge in [-0.3, -0.25) is 9.59 Å². The Morgan fingerprint density at radius 1 is 1.32 bits per heavy atom. The third-order valence-corrected chi connectivity index (χ3v) is 3.30. The largest absolute Gasteiger partial charge is 0.344 e. The number of carbonyl (C=O) groups is 2. The van der Waals surface area contributed by atoms with Crippen molar-refractivity contribution in [2.75, 3.05) is 5.32 Å². The first-order valence-corrected chi connectivity index (χ1v) is 6.35. The maximum Gasteiger partial charge on any atom is 0.246 e. The summed E-state index contributed by atoms with van der Waals surface area (Å²) in [6.45, 7) is 0. The number of rotatable bonds is 2. The van der Waals surface area contributed by atoms with Crippen LogP contribution in [0.3, 0.4) is 0 Å². The summed E-state index contributed by atoms with van der Waals surface area (Å²) >= 11 is 5.00. The molecule has 1 aliphatic heterocycles. The van der Waals surface area contributed by atoms with Gasteiger partial charge in [-0.15, -0.1) is 0 Å². The Labute approximate surface area is 113 Å². The second kappa shape index (κ2) is 4.51. The van der Waals surface area contributed by atoms with Gasteiger partial charge >= 0.3 is 0 Å². The summed E-state index contributed by atoms with van der Waals surface area (Å²) in [4.78, 5) is 29.0. The molecule has 0 saturated carbocycles. The summed E-state index contributed by atoms with van der Waals surface area (Å²) < 4.78 is 0.543. The van der Waals surface area contributed by atoms with E-state index in [9.17, 15) is 9.59 Å². The molecule has 0 bridgehead atoms. The van der Waals surface area contributed by atoms with Gasteiger partial charge in [-0.25, -0.2) is 0 Å². The summed E-state index contributed by atoms with van der Waals surface area (Å²) in [5, 5.41) is 5.42. The second-order valence-corrected chi connectivity index (χ2v) is 4.90. The molecular weight excluding hydrogens is 264 g/mol. The van der Waals surface area contributed by atoms with Crippen LogP contribution in [0.1, 0.15) is 12.8 Å². The predicted octanol–water partition coefficient (Wildman–Crippen LogP) is 1.44. The fourth-order valence-corrected chi connectivity index (χ4v) is 2.37. The molecule has 2 aromatic rings. The molecule has 1 aromatic carbocycles. The van der Waals surface area contributed by atoms with Crippen LogP contribution in [0.15, 0.2) is 18.2 Å². The zero-order valence-corrected chi connectivity index (χ0v) is 10.8. The molecule has 1 atom stereocenters. The van der Waals surface area contributed by atoms with Gasteiger partial charge in [0.1, 0.15) is 6.04 Å². The summed E-state index contributed by atoms with van der Waals surface area (Å²) in [6, 6.07) is 4.99. The normalized spacial score (nSPS) is 18.5. The second-order valence-electron chi connectivity index (χ2n) is 4.49. The van der Waals surface area contributed by atoms with Gasteiger partial charge in [0.05, 0.1) is 11.0 Å². The lowest BCUT2D eigenvalue weighted by molar-refractivity contribution is -0.122. The van der Waals surface area contributed by atoms with Crippen LogP contribution in [0.25, 0.3) is 11.0 Å². The van der Waals surface area contributed by atoms with E-state index < -0.39 is 6.04 Å². The third-order valence-electron chi connectivity index (χ3n) is 3.10. The molecule has 1 saturated heterocycles. The SMILES string of the molecule is O=C1CC[C@@H](C(=O)Nc2ccc3[nH]c(=S)[nH]c3c2)N1. The van der Waals surface area contributed by atoms with Crippen molar-refractivity contribution in [2.45, 2.75) is 18.9 Å². The van der Waals surface area contributed by atoms with Crippen molar-refractivity contribution >= 4 is 40.8 Å².